The zero-order chi connectivity index (χ0) is 14.2. The average molecular weight is 270 g/mol. The van der Waals surface area contributed by atoms with Crippen LogP contribution in [0.1, 0.15) is 26.3 Å². The highest BCUT2D eigenvalue weighted by atomic mass is 16.5. The van der Waals surface area contributed by atoms with Crippen LogP contribution in [0.4, 0.5) is 0 Å². The van der Waals surface area contributed by atoms with E-state index in [0.717, 1.165) is 5.56 Å². The SMILES string of the molecule is CC(C)(C)c1ccc(-c2nnc(-c3conn3)o2)cc1. The van der Waals surface area contributed by atoms with Crippen LogP contribution in [-0.4, -0.2) is 20.6 Å². The molecule has 1 aromatic carbocycles. The van der Waals surface area contributed by atoms with E-state index >= 15 is 0 Å². The Kier molecular flexibility index (Phi) is 2.85. The van der Waals surface area contributed by atoms with E-state index in [0.29, 0.717) is 17.5 Å². The van der Waals surface area contributed by atoms with Crippen LogP contribution in [-0.2, 0) is 5.41 Å². The van der Waals surface area contributed by atoms with Crippen LogP contribution >= 0.6 is 0 Å². The average Bonchev–Trinajstić information content (AvgIpc) is 3.09. The van der Waals surface area contributed by atoms with Gasteiger partial charge in [0.2, 0.25) is 5.89 Å². The van der Waals surface area contributed by atoms with E-state index in [2.05, 4.69) is 58.0 Å². The van der Waals surface area contributed by atoms with Gasteiger partial charge >= 0.3 is 0 Å². The largest absolute Gasteiger partial charge is 0.414 e. The monoisotopic (exact) mass is 270 g/mol. The Bertz CT molecular complexity index is 694. The molecule has 0 amide bonds. The lowest BCUT2D eigenvalue weighted by atomic mass is 9.87. The molecule has 0 radical (unpaired) electrons. The summed E-state index contributed by atoms with van der Waals surface area (Å²) in [5.74, 6) is 0.740. The highest BCUT2D eigenvalue weighted by molar-refractivity contribution is 5.55. The summed E-state index contributed by atoms with van der Waals surface area (Å²) >= 11 is 0. The van der Waals surface area contributed by atoms with Crippen LogP contribution < -0.4 is 0 Å². The van der Waals surface area contributed by atoms with Crippen molar-refractivity contribution in [2.24, 2.45) is 0 Å². The molecule has 0 fully saturated rings. The molecule has 20 heavy (non-hydrogen) atoms. The molecule has 6 nitrogen and oxygen atoms in total. The van der Waals surface area contributed by atoms with Gasteiger partial charge in [0.25, 0.3) is 5.89 Å². The Morgan fingerprint density at radius 1 is 0.900 bits per heavy atom. The second-order valence-corrected chi connectivity index (χ2v) is 5.53. The zero-order valence-electron chi connectivity index (χ0n) is 11.5. The van der Waals surface area contributed by atoms with Gasteiger partial charge in [-0.1, -0.05) is 32.9 Å². The quantitative estimate of drug-likeness (QED) is 0.712. The van der Waals surface area contributed by atoms with Crippen molar-refractivity contribution < 1.29 is 8.94 Å². The van der Waals surface area contributed by atoms with Crippen molar-refractivity contribution in [1.29, 1.82) is 0 Å². The molecular weight excluding hydrogens is 256 g/mol. The van der Waals surface area contributed by atoms with E-state index < -0.39 is 0 Å². The number of aromatic nitrogens is 4. The predicted octanol–water partition coefficient (Wildman–Crippen LogP) is 3.08. The molecule has 0 N–H and O–H groups in total. The van der Waals surface area contributed by atoms with Gasteiger partial charge in [0.15, 0.2) is 12.0 Å². The van der Waals surface area contributed by atoms with Gasteiger partial charge in [-0.05, 0) is 23.1 Å². The predicted molar refractivity (Wildman–Crippen MR) is 71.7 cm³/mol. The van der Waals surface area contributed by atoms with Crippen LogP contribution in [0.5, 0.6) is 0 Å². The maximum absolute atomic E-state index is 5.55. The molecule has 6 heteroatoms. The lowest BCUT2D eigenvalue weighted by Gasteiger charge is -2.18. The minimum atomic E-state index is 0.116. The molecule has 0 bridgehead atoms. The second kappa shape index (κ2) is 4.56. The van der Waals surface area contributed by atoms with Crippen molar-refractivity contribution in [2.75, 3.05) is 0 Å². The Balaban J connectivity index is 1.90. The first-order valence-electron chi connectivity index (χ1n) is 6.26. The number of hydrogen-bond acceptors (Lipinski definition) is 6. The Morgan fingerprint density at radius 2 is 1.60 bits per heavy atom. The van der Waals surface area contributed by atoms with Crippen LogP contribution in [0.2, 0.25) is 0 Å². The van der Waals surface area contributed by atoms with Gasteiger partial charge in [0.05, 0.1) is 0 Å². The summed E-state index contributed by atoms with van der Waals surface area (Å²) in [4.78, 5) is 0. The first kappa shape index (κ1) is 12.5. The van der Waals surface area contributed by atoms with Gasteiger partial charge in [-0.15, -0.1) is 15.3 Å². The van der Waals surface area contributed by atoms with Gasteiger partial charge in [0, 0.05) is 10.8 Å². The maximum atomic E-state index is 5.55. The fourth-order valence-electron chi connectivity index (χ4n) is 1.81. The molecule has 3 rings (SSSR count). The van der Waals surface area contributed by atoms with Gasteiger partial charge in [-0.25, -0.2) is 0 Å². The highest BCUT2D eigenvalue weighted by Gasteiger charge is 2.16. The first-order valence-corrected chi connectivity index (χ1v) is 6.26. The van der Waals surface area contributed by atoms with E-state index in [1.807, 2.05) is 12.1 Å². The number of hydrogen-bond donors (Lipinski definition) is 0. The summed E-state index contributed by atoms with van der Waals surface area (Å²) in [5, 5.41) is 15.0. The molecule has 3 aromatic rings. The summed E-state index contributed by atoms with van der Waals surface area (Å²) in [6.07, 6.45) is 1.36. The summed E-state index contributed by atoms with van der Waals surface area (Å²) in [7, 11) is 0. The third-order valence-corrected chi connectivity index (χ3v) is 3.00. The molecule has 0 aliphatic rings. The van der Waals surface area contributed by atoms with E-state index in [1.54, 1.807) is 0 Å². The molecule has 0 atom stereocenters. The van der Waals surface area contributed by atoms with Crippen molar-refractivity contribution in [3.8, 4) is 23.0 Å². The number of benzene rings is 1. The maximum Gasteiger partial charge on any atom is 0.271 e. The summed E-state index contributed by atoms with van der Waals surface area (Å²) in [6.45, 7) is 6.51. The van der Waals surface area contributed by atoms with Crippen molar-refractivity contribution in [2.45, 2.75) is 26.2 Å². The Hall–Kier alpha value is -2.50. The molecule has 2 heterocycles. The summed E-state index contributed by atoms with van der Waals surface area (Å²) < 4.78 is 10.2. The minimum Gasteiger partial charge on any atom is -0.414 e. The van der Waals surface area contributed by atoms with E-state index in [9.17, 15) is 0 Å². The Morgan fingerprint density at radius 3 is 2.20 bits per heavy atom. The highest BCUT2D eigenvalue weighted by Crippen LogP contribution is 2.26. The molecule has 0 spiro atoms. The third kappa shape index (κ3) is 2.32. The van der Waals surface area contributed by atoms with Crippen molar-refractivity contribution in [3.05, 3.63) is 36.1 Å². The zero-order valence-corrected chi connectivity index (χ0v) is 11.5. The summed E-state index contributed by atoms with van der Waals surface area (Å²) in [6, 6.07) is 8.07. The molecule has 0 unspecified atom stereocenters. The first-order chi connectivity index (χ1) is 9.54. The van der Waals surface area contributed by atoms with E-state index in [-0.39, 0.29) is 5.41 Å². The van der Waals surface area contributed by atoms with E-state index in [1.165, 1.54) is 11.8 Å². The molecule has 0 saturated heterocycles. The fourth-order valence-corrected chi connectivity index (χ4v) is 1.81. The smallest absolute Gasteiger partial charge is 0.271 e. The molecule has 0 aliphatic carbocycles. The third-order valence-electron chi connectivity index (χ3n) is 3.00. The molecule has 2 aromatic heterocycles. The van der Waals surface area contributed by atoms with Crippen molar-refractivity contribution in [1.82, 2.24) is 20.6 Å². The summed E-state index contributed by atoms with van der Waals surface area (Å²) in [5.41, 5.74) is 2.66. The molecule has 0 aliphatic heterocycles. The van der Waals surface area contributed by atoms with Gasteiger partial charge in [-0.2, -0.15) is 0 Å². The number of nitrogens with zero attached hydrogens (tertiary/aromatic N) is 4. The Labute approximate surface area is 115 Å². The van der Waals surface area contributed by atoms with Crippen LogP contribution in [0.3, 0.4) is 0 Å². The molecule has 102 valence electrons. The number of rotatable bonds is 2. The molecular formula is C14H14N4O2. The van der Waals surface area contributed by atoms with Crippen LogP contribution in [0.25, 0.3) is 23.0 Å². The van der Waals surface area contributed by atoms with Crippen molar-refractivity contribution in [3.63, 3.8) is 0 Å². The lowest BCUT2D eigenvalue weighted by molar-refractivity contribution is 0.393. The van der Waals surface area contributed by atoms with Crippen LogP contribution in [0.15, 0.2) is 39.5 Å². The van der Waals surface area contributed by atoms with E-state index in [4.69, 9.17) is 4.42 Å². The van der Waals surface area contributed by atoms with Crippen molar-refractivity contribution >= 4 is 0 Å². The second-order valence-electron chi connectivity index (χ2n) is 5.53. The minimum absolute atomic E-state index is 0.116. The van der Waals surface area contributed by atoms with Gasteiger partial charge in [-0.3, -0.25) is 0 Å². The van der Waals surface area contributed by atoms with Crippen LogP contribution in [0, 0.1) is 0 Å². The standard InChI is InChI=1S/C14H14N4O2/c1-14(2,3)10-6-4-9(5-7-10)12-16-17-13(20-12)11-8-19-18-15-11/h4-8H,1-3H3. The van der Waals surface area contributed by atoms with Gasteiger partial charge in [0.1, 0.15) is 0 Å². The molecule has 0 saturated carbocycles. The topological polar surface area (TPSA) is 77.8 Å². The lowest BCUT2D eigenvalue weighted by Crippen LogP contribution is -2.10. The normalized spacial score (nSPS) is 11.8. The van der Waals surface area contributed by atoms with Gasteiger partial charge < -0.3 is 8.94 Å². The fraction of sp³-hybridized carbons (Fsp3) is 0.286.